The van der Waals surface area contributed by atoms with Gasteiger partial charge in [0, 0.05) is 46.1 Å². The number of nitrogens with one attached hydrogen (secondary N) is 1. The van der Waals surface area contributed by atoms with Crippen molar-refractivity contribution in [1.82, 2.24) is 23.5 Å². The Kier molecular flexibility index (Phi) is 6.62. The predicted octanol–water partition coefficient (Wildman–Crippen LogP) is 1.69. The fraction of sp³-hybridized carbons (Fsp3) is 0.810. The van der Waals surface area contributed by atoms with E-state index in [4.69, 9.17) is 4.98 Å². The second kappa shape index (κ2) is 9.06. The summed E-state index contributed by atoms with van der Waals surface area (Å²) in [6.45, 7) is 3.81. The van der Waals surface area contributed by atoms with Crippen molar-refractivity contribution in [3.63, 3.8) is 0 Å². The number of hydrogen-bond donors (Lipinski definition) is 1. The molecular formula is C21H35N5O3S. The first kappa shape index (κ1) is 21.9. The molecule has 168 valence electrons. The van der Waals surface area contributed by atoms with Crippen LogP contribution in [0.25, 0.3) is 0 Å². The Morgan fingerprint density at radius 3 is 2.43 bits per heavy atom. The highest BCUT2D eigenvalue weighted by atomic mass is 32.2. The standard InChI is InChI=1S/C21H35N5O3S/c1-24(2)30(28,29)26-13-10-19-18(15-26)21(27)23-20(22-19)17-8-11-25(12-9-17)14-16-6-4-3-5-7-16/h16-17H,3-15H2,1-2H3,(H,22,23,27). The van der Waals surface area contributed by atoms with Crippen LogP contribution in [0, 0.1) is 5.92 Å². The third-order valence-corrected chi connectivity index (χ3v) is 8.94. The zero-order chi connectivity index (χ0) is 21.3. The fourth-order valence-electron chi connectivity index (χ4n) is 5.16. The van der Waals surface area contributed by atoms with E-state index in [0.29, 0.717) is 18.5 Å². The van der Waals surface area contributed by atoms with Gasteiger partial charge >= 0.3 is 0 Å². The average molecular weight is 438 g/mol. The van der Waals surface area contributed by atoms with E-state index in [-0.39, 0.29) is 18.0 Å². The van der Waals surface area contributed by atoms with Crippen LogP contribution in [0.2, 0.25) is 0 Å². The SMILES string of the molecule is CN(C)S(=O)(=O)N1CCc2nc(C3CCN(CC4CCCCC4)CC3)[nH]c(=O)c2C1. The summed E-state index contributed by atoms with van der Waals surface area (Å²) in [5.41, 5.74) is 1.08. The molecule has 0 aromatic carbocycles. The summed E-state index contributed by atoms with van der Waals surface area (Å²) in [6.07, 6.45) is 9.45. The molecule has 2 aliphatic heterocycles. The van der Waals surface area contributed by atoms with Gasteiger partial charge in [0.25, 0.3) is 15.8 Å². The van der Waals surface area contributed by atoms with Crippen molar-refractivity contribution in [3.05, 3.63) is 27.4 Å². The molecule has 0 spiro atoms. The van der Waals surface area contributed by atoms with Crippen LogP contribution >= 0.6 is 0 Å². The molecule has 2 fully saturated rings. The second-order valence-corrected chi connectivity index (χ2v) is 11.5. The van der Waals surface area contributed by atoms with Crippen LogP contribution in [-0.4, -0.2) is 72.2 Å². The number of H-pyrrole nitrogens is 1. The number of fused-ring (bicyclic) bond motifs is 1. The minimum atomic E-state index is -3.53. The van der Waals surface area contributed by atoms with E-state index in [0.717, 1.165) is 43.4 Å². The van der Waals surface area contributed by atoms with Gasteiger partial charge in [-0.15, -0.1) is 0 Å². The maximum atomic E-state index is 12.8. The number of likely N-dealkylation sites (tertiary alicyclic amines) is 1. The van der Waals surface area contributed by atoms with E-state index in [1.54, 1.807) is 0 Å². The molecule has 9 heteroatoms. The molecule has 1 aromatic rings. The van der Waals surface area contributed by atoms with E-state index in [9.17, 15) is 13.2 Å². The molecule has 0 atom stereocenters. The molecule has 30 heavy (non-hydrogen) atoms. The number of nitrogens with zero attached hydrogens (tertiary/aromatic N) is 4. The summed E-state index contributed by atoms with van der Waals surface area (Å²) in [7, 11) is -0.506. The molecule has 3 aliphatic rings. The lowest BCUT2D eigenvalue weighted by Gasteiger charge is -2.35. The lowest BCUT2D eigenvalue weighted by Crippen LogP contribution is -2.45. The van der Waals surface area contributed by atoms with E-state index >= 15 is 0 Å². The van der Waals surface area contributed by atoms with Crippen molar-refractivity contribution in [2.75, 3.05) is 40.3 Å². The Morgan fingerprint density at radius 1 is 1.07 bits per heavy atom. The van der Waals surface area contributed by atoms with Gasteiger partial charge in [0.2, 0.25) is 0 Å². The Bertz CT molecular complexity index is 900. The minimum absolute atomic E-state index is 0.0955. The quantitative estimate of drug-likeness (QED) is 0.757. The van der Waals surface area contributed by atoms with Crippen LogP contribution in [-0.2, 0) is 23.2 Å². The molecule has 3 heterocycles. The Labute approximate surface area is 179 Å². The monoisotopic (exact) mass is 437 g/mol. The van der Waals surface area contributed by atoms with Crippen LogP contribution in [0.5, 0.6) is 0 Å². The van der Waals surface area contributed by atoms with Gasteiger partial charge in [-0.25, -0.2) is 4.98 Å². The summed E-state index contributed by atoms with van der Waals surface area (Å²) in [5.74, 6) is 1.94. The number of piperidine rings is 1. The lowest BCUT2D eigenvalue weighted by molar-refractivity contribution is 0.162. The molecule has 0 unspecified atom stereocenters. The van der Waals surface area contributed by atoms with Crippen molar-refractivity contribution in [2.24, 2.45) is 5.92 Å². The average Bonchev–Trinajstić information content (AvgIpc) is 2.74. The third kappa shape index (κ3) is 4.64. The molecule has 1 saturated carbocycles. The Hall–Kier alpha value is -1.29. The van der Waals surface area contributed by atoms with Gasteiger partial charge in [0.05, 0.1) is 11.3 Å². The molecular weight excluding hydrogens is 402 g/mol. The summed E-state index contributed by atoms with van der Waals surface area (Å²) < 4.78 is 27.4. The molecule has 1 saturated heterocycles. The maximum absolute atomic E-state index is 12.8. The largest absolute Gasteiger partial charge is 0.310 e. The van der Waals surface area contributed by atoms with Crippen molar-refractivity contribution < 1.29 is 8.42 Å². The zero-order valence-corrected chi connectivity index (χ0v) is 19.1. The number of rotatable bonds is 5. The molecule has 1 N–H and O–H groups in total. The third-order valence-electron chi connectivity index (χ3n) is 7.06. The molecule has 4 rings (SSSR count). The van der Waals surface area contributed by atoms with Gasteiger partial charge in [0.15, 0.2) is 0 Å². The molecule has 0 amide bonds. The van der Waals surface area contributed by atoms with Crippen LogP contribution in [0.15, 0.2) is 4.79 Å². The topological polar surface area (TPSA) is 89.6 Å². The van der Waals surface area contributed by atoms with Crippen LogP contribution < -0.4 is 5.56 Å². The highest BCUT2D eigenvalue weighted by Gasteiger charge is 2.32. The minimum Gasteiger partial charge on any atom is -0.310 e. The van der Waals surface area contributed by atoms with Gasteiger partial charge in [-0.2, -0.15) is 17.0 Å². The van der Waals surface area contributed by atoms with E-state index in [1.807, 2.05) is 0 Å². The smallest absolute Gasteiger partial charge is 0.281 e. The second-order valence-electron chi connectivity index (χ2n) is 9.33. The van der Waals surface area contributed by atoms with Crippen molar-refractivity contribution in [1.29, 1.82) is 0 Å². The first-order chi connectivity index (χ1) is 14.3. The van der Waals surface area contributed by atoms with Gasteiger partial charge in [0.1, 0.15) is 5.82 Å². The van der Waals surface area contributed by atoms with E-state index < -0.39 is 10.2 Å². The number of aromatic nitrogens is 2. The Balaban J connectivity index is 1.40. The highest BCUT2D eigenvalue weighted by molar-refractivity contribution is 7.86. The summed E-state index contributed by atoms with van der Waals surface area (Å²) in [6, 6.07) is 0. The maximum Gasteiger partial charge on any atom is 0.281 e. The normalized spacial score (nSPS) is 23.0. The van der Waals surface area contributed by atoms with Gasteiger partial charge in [-0.3, -0.25) is 4.79 Å². The van der Waals surface area contributed by atoms with Crippen molar-refractivity contribution in [3.8, 4) is 0 Å². The van der Waals surface area contributed by atoms with Crippen LogP contribution in [0.3, 0.4) is 0 Å². The van der Waals surface area contributed by atoms with Crippen LogP contribution in [0.4, 0.5) is 0 Å². The summed E-state index contributed by atoms with van der Waals surface area (Å²) >= 11 is 0. The molecule has 8 nitrogen and oxygen atoms in total. The summed E-state index contributed by atoms with van der Waals surface area (Å²) in [5, 5.41) is 0. The van der Waals surface area contributed by atoms with Gasteiger partial charge in [-0.1, -0.05) is 19.3 Å². The molecule has 1 aliphatic carbocycles. The van der Waals surface area contributed by atoms with Crippen LogP contribution in [0.1, 0.15) is 67.9 Å². The zero-order valence-electron chi connectivity index (χ0n) is 18.3. The molecule has 0 radical (unpaired) electrons. The predicted molar refractivity (Wildman–Crippen MR) is 117 cm³/mol. The van der Waals surface area contributed by atoms with Gasteiger partial charge < -0.3 is 9.88 Å². The summed E-state index contributed by atoms with van der Waals surface area (Å²) in [4.78, 5) is 23.1. The van der Waals surface area contributed by atoms with Crippen molar-refractivity contribution >= 4 is 10.2 Å². The first-order valence-electron chi connectivity index (χ1n) is 11.4. The number of aromatic amines is 1. The Morgan fingerprint density at radius 2 is 1.77 bits per heavy atom. The fourth-order valence-corrected chi connectivity index (χ4v) is 6.24. The number of hydrogen-bond acceptors (Lipinski definition) is 5. The highest BCUT2D eigenvalue weighted by Crippen LogP contribution is 2.29. The van der Waals surface area contributed by atoms with E-state index in [2.05, 4.69) is 9.88 Å². The lowest BCUT2D eigenvalue weighted by atomic mass is 9.88. The molecule has 0 bridgehead atoms. The first-order valence-corrected chi connectivity index (χ1v) is 12.8. The van der Waals surface area contributed by atoms with E-state index in [1.165, 1.54) is 61.4 Å². The van der Waals surface area contributed by atoms with Crippen molar-refractivity contribution in [2.45, 2.75) is 63.8 Å². The van der Waals surface area contributed by atoms with Gasteiger partial charge in [-0.05, 0) is 44.7 Å². The molecule has 1 aromatic heterocycles.